The summed E-state index contributed by atoms with van der Waals surface area (Å²) in [6.07, 6.45) is 1.53. The summed E-state index contributed by atoms with van der Waals surface area (Å²) in [5, 5.41) is 11.4. The molecule has 2 rings (SSSR count). The van der Waals surface area contributed by atoms with E-state index in [0.29, 0.717) is 0 Å². The van der Waals surface area contributed by atoms with E-state index in [1.54, 1.807) is 4.68 Å². The van der Waals surface area contributed by atoms with E-state index in [0.717, 1.165) is 23.5 Å². The predicted molar refractivity (Wildman–Crippen MR) is 62.2 cm³/mol. The van der Waals surface area contributed by atoms with Crippen molar-refractivity contribution in [1.82, 2.24) is 25.0 Å². The molecule has 0 saturated heterocycles. The maximum absolute atomic E-state index is 4.20. The number of nitrogens with one attached hydrogen (secondary N) is 1. The summed E-state index contributed by atoms with van der Waals surface area (Å²) >= 11 is 0. The Morgan fingerprint density at radius 1 is 1.31 bits per heavy atom. The van der Waals surface area contributed by atoms with Crippen LogP contribution in [0.5, 0.6) is 0 Å². The summed E-state index contributed by atoms with van der Waals surface area (Å²) in [7, 11) is 0. The molecule has 0 spiro atoms. The van der Waals surface area contributed by atoms with Gasteiger partial charge < -0.3 is 5.32 Å². The van der Waals surface area contributed by atoms with E-state index in [9.17, 15) is 0 Å². The van der Waals surface area contributed by atoms with Gasteiger partial charge in [0.05, 0.1) is 0 Å². The molecule has 0 amide bonds. The van der Waals surface area contributed by atoms with Crippen molar-refractivity contribution >= 4 is 17.0 Å². The van der Waals surface area contributed by atoms with Crippen molar-refractivity contribution in [3.05, 3.63) is 6.33 Å². The molecule has 0 aromatic carbocycles. The number of rotatable bonds is 2. The highest BCUT2D eigenvalue weighted by Crippen LogP contribution is 2.19. The van der Waals surface area contributed by atoms with Gasteiger partial charge >= 0.3 is 0 Å². The molecule has 86 valence electrons. The van der Waals surface area contributed by atoms with Crippen LogP contribution in [0.25, 0.3) is 11.2 Å². The van der Waals surface area contributed by atoms with Crippen LogP contribution < -0.4 is 5.32 Å². The van der Waals surface area contributed by atoms with Gasteiger partial charge in [-0.3, -0.25) is 0 Å². The maximum Gasteiger partial charge on any atom is 0.183 e. The molecule has 0 radical (unpaired) electrons. The van der Waals surface area contributed by atoms with E-state index in [4.69, 9.17) is 0 Å². The molecule has 0 fully saturated rings. The fourth-order valence-electron chi connectivity index (χ4n) is 1.45. The topological polar surface area (TPSA) is 68.5 Å². The number of nitrogens with zero attached hydrogens (tertiary/aromatic N) is 5. The van der Waals surface area contributed by atoms with Crippen molar-refractivity contribution in [2.75, 3.05) is 5.32 Å². The van der Waals surface area contributed by atoms with Crippen molar-refractivity contribution in [3.63, 3.8) is 0 Å². The van der Waals surface area contributed by atoms with Crippen LogP contribution in [-0.4, -0.2) is 30.5 Å². The second-order valence-electron chi connectivity index (χ2n) is 4.67. The first-order valence-corrected chi connectivity index (χ1v) is 5.33. The van der Waals surface area contributed by atoms with E-state index in [1.807, 2.05) is 6.92 Å². The number of fused-ring (bicyclic) bond motifs is 1. The molecule has 6 heteroatoms. The predicted octanol–water partition coefficient (Wildman–Crippen LogP) is 1.45. The molecule has 2 heterocycles. The van der Waals surface area contributed by atoms with Crippen LogP contribution in [0.2, 0.25) is 0 Å². The van der Waals surface area contributed by atoms with Gasteiger partial charge in [0, 0.05) is 12.1 Å². The third-order valence-electron chi connectivity index (χ3n) is 2.09. The van der Waals surface area contributed by atoms with E-state index in [2.05, 4.69) is 46.4 Å². The van der Waals surface area contributed by atoms with E-state index in [-0.39, 0.29) is 5.54 Å². The van der Waals surface area contributed by atoms with Gasteiger partial charge in [0.25, 0.3) is 0 Å². The number of hydrogen-bond acceptors (Lipinski definition) is 5. The highest BCUT2D eigenvalue weighted by atomic mass is 15.4. The van der Waals surface area contributed by atoms with E-state index >= 15 is 0 Å². The second-order valence-corrected chi connectivity index (χ2v) is 4.67. The summed E-state index contributed by atoms with van der Waals surface area (Å²) in [4.78, 5) is 8.39. The van der Waals surface area contributed by atoms with Gasteiger partial charge in [-0.05, 0) is 27.7 Å². The quantitative estimate of drug-likeness (QED) is 0.829. The van der Waals surface area contributed by atoms with E-state index < -0.39 is 0 Å². The van der Waals surface area contributed by atoms with Crippen LogP contribution in [0, 0.1) is 0 Å². The van der Waals surface area contributed by atoms with Crippen molar-refractivity contribution in [3.8, 4) is 0 Å². The van der Waals surface area contributed by atoms with Gasteiger partial charge in [0.1, 0.15) is 6.33 Å². The minimum Gasteiger partial charge on any atom is -0.363 e. The van der Waals surface area contributed by atoms with Gasteiger partial charge in [-0.1, -0.05) is 5.21 Å². The number of aromatic nitrogens is 5. The zero-order chi connectivity index (χ0) is 11.8. The summed E-state index contributed by atoms with van der Waals surface area (Å²) in [6.45, 7) is 8.98. The molecule has 0 aliphatic carbocycles. The highest BCUT2D eigenvalue weighted by Gasteiger charge is 2.15. The second kappa shape index (κ2) is 3.70. The molecule has 0 aliphatic rings. The Hall–Kier alpha value is -1.72. The Balaban J connectivity index is 2.50. The van der Waals surface area contributed by atoms with Gasteiger partial charge in [-0.15, -0.1) is 5.10 Å². The summed E-state index contributed by atoms with van der Waals surface area (Å²) < 4.78 is 1.75. The standard InChI is InChI=1S/C10H16N6/c1-5-16-9-7(14-15-16)8(11-6-12-9)13-10(2,3)4/h6H,5H2,1-4H3,(H,11,12,13). The molecule has 0 saturated carbocycles. The third-order valence-corrected chi connectivity index (χ3v) is 2.09. The Bertz CT molecular complexity index is 495. The molecule has 0 aliphatic heterocycles. The van der Waals surface area contributed by atoms with Gasteiger partial charge in [-0.25, -0.2) is 14.6 Å². The van der Waals surface area contributed by atoms with Gasteiger partial charge in [0.15, 0.2) is 17.0 Å². The minimum absolute atomic E-state index is 0.0583. The number of hydrogen-bond donors (Lipinski definition) is 1. The first kappa shape index (κ1) is 10.8. The summed E-state index contributed by atoms with van der Waals surface area (Å²) in [6, 6.07) is 0. The lowest BCUT2D eigenvalue weighted by Crippen LogP contribution is -2.26. The molecule has 0 atom stereocenters. The van der Waals surface area contributed by atoms with Crippen molar-refractivity contribution in [2.45, 2.75) is 39.8 Å². The van der Waals surface area contributed by atoms with Crippen LogP contribution in [0.4, 0.5) is 5.82 Å². The Morgan fingerprint density at radius 2 is 2.06 bits per heavy atom. The molecule has 0 bridgehead atoms. The molecule has 2 aromatic rings. The number of anilines is 1. The van der Waals surface area contributed by atoms with Crippen LogP contribution in [0.15, 0.2) is 6.33 Å². The minimum atomic E-state index is -0.0583. The number of aryl methyl sites for hydroxylation is 1. The first-order chi connectivity index (χ1) is 7.51. The molecular formula is C10H16N6. The Morgan fingerprint density at radius 3 is 2.69 bits per heavy atom. The lowest BCUT2D eigenvalue weighted by Gasteiger charge is -2.20. The van der Waals surface area contributed by atoms with Crippen LogP contribution in [0.3, 0.4) is 0 Å². The van der Waals surface area contributed by atoms with Crippen molar-refractivity contribution < 1.29 is 0 Å². The van der Waals surface area contributed by atoms with Gasteiger partial charge in [0.2, 0.25) is 0 Å². The largest absolute Gasteiger partial charge is 0.363 e. The molecule has 1 N–H and O–H groups in total. The van der Waals surface area contributed by atoms with Crippen LogP contribution in [-0.2, 0) is 6.54 Å². The molecule has 0 unspecified atom stereocenters. The zero-order valence-electron chi connectivity index (χ0n) is 10.0. The van der Waals surface area contributed by atoms with Gasteiger partial charge in [-0.2, -0.15) is 0 Å². The highest BCUT2D eigenvalue weighted by molar-refractivity contribution is 5.82. The smallest absolute Gasteiger partial charge is 0.183 e. The first-order valence-electron chi connectivity index (χ1n) is 5.33. The molecular weight excluding hydrogens is 204 g/mol. The Labute approximate surface area is 94.1 Å². The normalized spacial score (nSPS) is 12.0. The van der Waals surface area contributed by atoms with Crippen molar-refractivity contribution in [1.29, 1.82) is 0 Å². The summed E-state index contributed by atoms with van der Waals surface area (Å²) in [5.41, 5.74) is 1.43. The average molecular weight is 220 g/mol. The fraction of sp³-hybridized carbons (Fsp3) is 0.600. The average Bonchev–Trinajstić information content (AvgIpc) is 2.59. The maximum atomic E-state index is 4.20. The van der Waals surface area contributed by atoms with Crippen LogP contribution in [0.1, 0.15) is 27.7 Å². The zero-order valence-corrected chi connectivity index (χ0v) is 10.0. The fourth-order valence-corrected chi connectivity index (χ4v) is 1.45. The monoisotopic (exact) mass is 220 g/mol. The lowest BCUT2D eigenvalue weighted by molar-refractivity contribution is 0.631. The van der Waals surface area contributed by atoms with Crippen molar-refractivity contribution in [2.24, 2.45) is 0 Å². The molecule has 6 nitrogen and oxygen atoms in total. The van der Waals surface area contributed by atoms with E-state index in [1.165, 1.54) is 6.33 Å². The molecule has 2 aromatic heterocycles. The third kappa shape index (κ3) is 1.95. The lowest BCUT2D eigenvalue weighted by atomic mass is 10.1. The molecule has 16 heavy (non-hydrogen) atoms. The van der Waals surface area contributed by atoms with Crippen LogP contribution >= 0.6 is 0 Å². The summed E-state index contributed by atoms with van der Waals surface area (Å²) in [5.74, 6) is 0.734. The SMILES string of the molecule is CCn1nnc2c(NC(C)(C)C)ncnc21. The Kier molecular flexibility index (Phi) is 2.49.